The lowest BCUT2D eigenvalue weighted by molar-refractivity contribution is 0.260. The predicted molar refractivity (Wildman–Crippen MR) is 63.5 cm³/mol. The molecule has 3 heteroatoms. The third-order valence-electron chi connectivity index (χ3n) is 2.32. The molecule has 0 heterocycles. The van der Waals surface area contributed by atoms with Crippen molar-refractivity contribution in [1.29, 1.82) is 0 Å². The van der Waals surface area contributed by atoms with E-state index in [0.29, 0.717) is 12.5 Å². The molecule has 0 saturated heterocycles. The highest BCUT2D eigenvalue weighted by atomic mass is 35.5. The Hall–Kier alpha value is -1.02. The van der Waals surface area contributed by atoms with E-state index in [1.807, 2.05) is 0 Å². The summed E-state index contributed by atoms with van der Waals surface area (Å²) < 4.78 is 0. The lowest BCUT2D eigenvalue weighted by atomic mass is 10.0. The first-order chi connectivity index (χ1) is 7.09. The minimum atomic E-state index is -0.492. The molecule has 0 aliphatic rings. The summed E-state index contributed by atoms with van der Waals surface area (Å²) >= 11 is 5.16. The molecule has 0 unspecified atom stereocenters. The van der Waals surface area contributed by atoms with Gasteiger partial charge in [-0.1, -0.05) is 38.1 Å². The maximum absolute atomic E-state index is 10.4. The van der Waals surface area contributed by atoms with Crippen molar-refractivity contribution in [3.05, 3.63) is 35.4 Å². The van der Waals surface area contributed by atoms with Gasteiger partial charge in [-0.2, -0.15) is 0 Å². The Morgan fingerprint density at radius 2 is 1.93 bits per heavy atom. The number of carbonyl (C=O) groups excluding carboxylic acids is 1. The SMILES string of the molecule is CC(C)c1ccc(CCNC(=O)Cl)cc1. The number of hydrogen-bond donors (Lipinski definition) is 1. The summed E-state index contributed by atoms with van der Waals surface area (Å²) in [7, 11) is 0. The van der Waals surface area contributed by atoms with Crippen molar-refractivity contribution in [2.24, 2.45) is 0 Å². The minimum absolute atomic E-state index is 0.492. The van der Waals surface area contributed by atoms with Crippen molar-refractivity contribution in [2.75, 3.05) is 6.54 Å². The van der Waals surface area contributed by atoms with Crippen LogP contribution in [0.1, 0.15) is 30.9 Å². The smallest absolute Gasteiger partial charge is 0.313 e. The zero-order chi connectivity index (χ0) is 11.3. The molecule has 0 saturated carbocycles. The summed E-state index contributed by atoms with van der Waals surface area (Å²) in [5, 5.41) is 2.07. The van der Waals surface area contributed by atoms with E-state index >= 15 is 0 Å². The van der Waals surface area contributed by atoms with Gasteiger partial charge in [0.05, 0.1) is 0 Å². The fraction of sp³-hybridized carbons (Fsp3) is 0.417. The fourth-order valence-electron chi connectivity index (χ4n) is 1.37. The number of nitrogens with one attached hydrogen (secondary N) is 1. The Morgan fingerprint density at radius 3 is 2.40 bits per heavy atom. The number of amides is 1. The van der Waals surface area contributed by atoms with Gasteiger partial charge in [-0.25, -0.2) is 0 Å². The standard InChI is InChI=1S/C12H16ClNO/c1-9(2)11-5-3-10(4-6-11)7-8-14-12(13)15/h3-6,9H,7-8H2,1-2H3,(H,14,15). The van der Waals surface area contributed by atoms with Crippen LogP contribution < -0.4 is 5.32 Å². The Bertz CT molecular complexity index is 319. The van der Waals surface area contributed by atoms with E-state index < -0.39 is 5.37 Å². The maximum Gasteiger partial charge on any atom is 0.313 e. The lowest BCUT2D eigenvalue weighted by Crippen LogP contribution is -2.19. The van der Waals surface area contributed by atoms with E-state index in [9.17, 15) is 4.79 Å². The van der Waals surface area contributed by atoms with E-state index in [4.69, 9.17) is 11.6 Å². The second-order valence-electron chi connectivity index (χ2n) is 3.85. The van der Waals surface area contributed by atoms with Crippen LogP contribution >= 0.6 is 11.6 Å². The van der Waals surface area contributed by atoms with Crippen LogP contribution in [0.3, 0.4) is 0 Å². The molecule has 82 valence electrons. The van der Waals surface area contributed by atoms with E-state index in [0.717, 1.165) is 6.42 Å². The maximum atomic E-state index is 10.4. The molecule has 0 aliphatic carbocycles. The van der Waals surface area contributed by atoms with Gasteiger partial charge in [0.2, 0.25) is 0 Å². The quantitative estimate of drug-likeness (QED) is 0.618. The Kier molecular flexibility index (Phi) is 4.63. The first kappa shape index (κ1) is 12.1. The number of rotatable bonds is 4. The van der Waals surface area contributed by atoms with E-state index in [2.05, 4.69) is 43.4 Å². The van der Waals surface area contributed by atoms with Crippen LogP contribution in [0.4, 0.5) is 4.79 Å². The highest BCUT2D eigenvalue weighted by Crippen LogP contribution is 2.14. The number of carbonyl (C=O) groups is 1. The molecule has 0 aliphatic heterocycles. The number of hydrogen-bond acceptors (Lipinski definition) is 1. The van der Waals surface area contributed by atoms with Crippen LogP contribution in [-0.2, 0) is 6.42 Å². The van der Waals surface area contributed by atoms with Crippen molar-refractivity contribution in [1.82, 2.24) is 5.32 Å². The lowest BCUT2D eigenvalue weighted by Gasteiger charge is -2.06. The van der Waals surface area contributed by atoms with Crippen LogP contribution in [-0.4, -0.2) is 11.9 Å². The summed E-state index contributed by atoms with van der Waals surface area (Å²) in [6.45, 7) is 4.93. The van der Waals surface area contributed by atoms with E-state index in [-0.39, 0.29) is 0 Å². The number of benzene rings is 1. The second-order valence-corrected chi connectivity index (χ2v) is 4.19. The molecule has 0 fully saturated rings. The van der Waals surface area contributed by atoms with Crippen LogP contribution in [0.5, 0.6) is 0 Å². The monoisotopic (exact) mass is 225 g/mol. The van der Waals surface area contributed by atoms with Crippen molar-refractivity contribution >= 4 is 17.0 Å². The topological polar surface area (TPSA) is 29.1 Å². The van der Waals surface area contributed by atoms with Crippen molar-refractivity contribution in [3.8, 4) is 0 Å². The molecule has 0 aromatic heterocycles. The van der Waals surface area contributed by atoms with Crippen molar-refractivity contribution in [2.45, 2.75) is 26.2 Å². The molecule has 1 N–H and O–H groups in total. The molecule has 1 aromatic carbocycles. The molecule has 15 heavy (non-hydrogen) atoms. The van der Waals surface area contributed by atoms with E-state index in [1.165, 1.54) is 11.1 Å². The first-order valence-corrected chi connectivity index (χ1v) is 5.49. The largest absolute Gasteiger partial charge is 0.342 e. The predicted octanol–water partition coefficient (Wildman–Crippen LogP) is 3.30. The van der Waals surface area contributed by atoms with Crippen molar-refractivity contribution < 1.29 is 4.79 Å². The van der Waals surface area contributed by atoms with Gasteiger partial charge in [-0.05, 0) is 35.1 Å². The molecule has 0 atom stereocenters. The molecule has 1 rings (SSSR count). The molecule has 2 nitrogen and oxygen atoms in total. The molecule has 0 bridgehead atoms. The molecule has 0 spiro atoms. The molecule has 1 amide bonds. The normalized spacial score (nSPS) is 10.4. The van der Waals surface area contributed by atoms with Crippen LogP contribution in [0.25, 0.3) is 0 Å². The Labute approximate surface area is 95.6 Å². The summed E-state index contributed by atoms with van der Waals surface area (Å²) in [4.78, 5) is 10.4. The van der Waals surface area contributed by atoms with Gasteiger partial charge in [0.25, 0.3) is 0 Å². The van der Waals surface area contributed by atoms with Gasteiger partial charge in [-0.3, -0.25) is 4.79 Å². The van der Waals surface area contributed by atoms with Gasteiger partial charge in [-0.15, -0.1) is 0 Å². The van der Waals surface area contributed by atoms with Gasteiger partial charge in [0.15, 0.2) is 0 Å². The number of halogens is 1. The average Bonchev–Trinajstić information content (AvgIpc) is 2.18. The van der Waals surface area contributed by atoms with Gasteiger partial charge in [0, 0.05) is 6.54 Å². The zero-order valence-corrected chi connectivity index (χ0v) is 9.84. The highest BCUT2D eigenvalue weighted by Gasteiger charge is 1.99. The summed E-state index contributed by atoms with van der Waals surface area (Å²) in [5.74, 6) is 0.557. The Morgan fingerprint density at radius 1 is 1.33 bits per heavy atom. The minimum Gasteiger partial charge on any atom is -0.342 e. The molecular formula is C12H16ClNO. The van der Waals surface area contributed by atoms with Gasteiger partial charge in [0.1, 0.15) is 0 Å². The second kappa shape index (κ2) is 5.76. The average molecular weight is 226 g/mol. The van der Waals surface area contributed by atoms with Gasteiger partial charge >= 0.3 is 5.37 Å². The summed E-state index contributed by atoms with van der Waals surface area (Å²) in [6, 6.07) is 8.44. The van der Waals surface area contributed by atoms with E-state index in [1.54, 1.807) is 0 Å². The van der Waals surface area contributed by atoms with Gasteiger partial charge < -0.3 is 5.32 Å². The summed E-state index contributed by atoms with van der Waals surface area (Å²) in [5.41, 5.74) is 2.55. The molecular weight excluding hydrogens is 210 g/mol. The third kappa shape index (κ3) is 4.34. The van der Waals surface area contributed by atoms with Crippen LogP contribution in [0, 0.1) is 0 Å². The molecule has 1 aromatic rings. The first-order valence-electron chi connectivity index (χ1n) is 5.11. The Balaban J connectivity index is 2.46. The highest BCUT2D eigenvalue weighted by molar-refractivity contribution is 6.62. The fourth-order valence-corrected chi connectivity index (χ4v) is 1.47. The molecule has 0 radical (unpaired) electrons. The third-order valence-corrected chi connectivity index (χ3v) is 2.46. The van der Waals surface area contributed by atoms with Crippen LogP contribution in [0.15, 0.2) is 24.3 Å². The summed E-state index contributed by atoms with van der Waals surface area (Å²) in [6.07, 6.45) is 0.816. The van der Waals surface area contributed by atoms with Crippen LogP contribution in [0.2, 0.25) is 0 Å². The zero-order valence-electron chi connectivity index (χ0n) is 9.09. The van der Waals surface area contributed by atoms with Crippen molar-refractivity contribution in [3.63, 3.8) is 0 Å².